The van der Waals surface area contributed by atoms with E-state index in [9.17, 15) is 14.4 Å². The zero-order valence-corrected chi connectivity index (χ0v) is 21.8. The normalized spacial score (nSPS) is 15.4. The smallest absolute Gasteiger partial charge is 0.414 e. The largest absolute Gasteiger partial charge is 0.444 e. The summed E-state index contributed by atoms with van der Waals surface area (Å²) in [5.74, 6) is -0.483. The molecule has 0 heterocycles. The van der Waals surface area contributed by atoms with Crippen LogP contribution in [0, 0.1) is 0 Å². The zero-order chi connectivity index (χ0) is 26.1. The van der Waals surface area contributed by atoms with Crippen LogP contribution < -0.4 is 16.0 Å². The Kier molecular flexibility index (Phi) is 10.1. The number of nitrogens with zero attached hydrogens (tertiary/aromatic N) is 1. The van der Waals surface area contributed by atoms with Gasteiger partial charge in [0.15, 0.2) is 0 Å². The molecule has 0 bridgehead atoms. The minimum absolute atomic E-state index is 0.0887. The monoisotopic (exact) mass is 488 g/mol. The molecule has 0 aliphatic heterocycles. The van der Waals surface area contributed by atoms with E-state index in [1.165, 1.54) is 6.42 Å². The molecular formula is C26H40N4O5. The van der Waals surface area contributed by atoms with Crippen LogP contribution in [0.15, 0.2) is 35.3 Å². The van der Waals surface area contributed by atoms with Gasteiger partial charge in [0.1, 0.15) is 17.2 Å². The third kappa shape index (κ3) is 11.7. The van der Waals surface area contributed by atoms with Gasteiger partial charge in [-0.05, 0) is 59.9 Å². The minimum Gasteiger partial charge on any atom is -0.444 e. The van der Waals surface area contributed by atoms with Crippen LogP contribution in [-0.2, 0) is 20.7 Å². The van der Waals surface area contributed by atoms with Crippen LogP contribution >= 0.6 is 0 Å². The van der Waals surface area contributed by atoms with Crippen molar-refractivity contribution in [2.45, 2.75) is 103 Å². The first-order valence-electron chi connectivity index (χ1n) is 12.2. The molecule has 1 aromatic carbocycles. The molecular weight excluding hydrogens is 448 g/mol. The average Bonchev–Trinajstić information content (AvgIpc) is 2.71. The maximum absolute atomic E-state index is 13.3. The maximum Gasteiger partial charge on any atom is 0.414 e. The van der Waals surface area contributed by atoms with Crippen molar-refractivity contribution in [3.8, 4) is 0 Å². The third-order valence-electron chi connectivity index (χ3n) is 5.05. The number of carbonyl (C=O) groups excluding carboxylic acids is 3. The second-order valence-corrected chi connectivity index (χ2v) is 10.8. The Morgan fingerprint density at radius 1 is 0.886 bits per heavy atom. The Morgan fingerprint density at radius 3 is 1.89 bits per heavy atom. The summed E-state index contributed by atoms with van der Waals surface area (Å²) in [5, 5.41) is 8.02. The molecule has 3 amide bonds. The number of ether oxygens (including phenoxy) is 2. The second-order valence-electron chi connectivity index (χ2n) is 10.8. The molecule has 1 aliphatic carbocycles. The van der Waals surface area contributed by atoms with Crippen LogP contribution in [0.1, 0.15) is 79.2 Å². The quantitative estimate of drug-likeness (QED) is 0.418. The van der Waals surface area contributed by atoms with Crippen molar-refractivity contribution in [2.24, 2.45) is 4.99 Å². The molecule has 1 fully saturated rings. The number of hydrogen-bond donors (Lipinski definition) is 3. The molecule has 9 heteroatoms. The molecule has 2 rings (SSSR count). The zero-order valence-electron chi connectivity index (χ0n) is 21.8. The van der Waals surface area contributed by atoms with Crippen molar-refractivity contribution < 1.29 is 23.9 Å². The minimum atomic E-state index is -0.890. The van der Waals surface area contributed by atoms with Gasteiger partial charge in [-0.1, -0.05) is 49.6 Å². The summed E-state index contributed by atoms with van der Waals surface area (Å²) in [6.07, 6.45) is 3.83. The summed E-state index contributed by atoms with van der Waals surface area (Å²) >= 11 is 0. The van der Waals surface area contributed by atoms with E-state index in [0.29, 0.717) is 0 Å². The summed E-state index contributed by atoms with van der Waals surface area (Å²) in [4.78, 5) is 42.6. The van der Waals surface area contributed by atoms with Crippen LogP contribution in [0.5, 0.6) is 0 Å². The maximum atomic E-state index is 13.3. The highest BCUT2D eigenvalue weighted by molar-refractivity contribution is 6.02. The number of guanidine groups is 1. The molecule has 194 valence electrons. The van der Waals surface area contributed by atoms with E-state index in [0.717, 1.165) is 31.2 Å². The Hall–Kier alpha value is -3.10. The number of carbonyl (C=O) groups is 3. The van der Waals surface area contributed by atoms with Gasteiger partial charge in [-0.3, -0.25) is 15.4 Å². The van der Waals surface area contributed by atoms with Crippen molar-refractivity contribution in [2.75, 3.05) is 0 Å². The van der Waals surface area contributed by atoms with Gasteiger partial charge < -0.3 is 14.8 Å². The SMILES string of the molecule is CC(C)(C)OC(=O)NC(=N[C@@H](Cc1ccccc1)C(=O)NC1CCCCC1)NC(=O)OC(C)(C)C. The van der Waals surface area contributed by atoms with Crippen molar-refractivity contribution in [1.29, 1.82) is 0 Å². The van der Waals surface area contributed by atoms with Gasteiger partial charge in [0.25, 0.3) is 0 Å². The van der Waals surface area contributed by atoms with Crippen LogP contribution in [0.2, 0.25) is 0 Å². The standard InChI is InChI=1S/C26H40N4O5/c1-25(2,3)34-23(32)29-22(30-24(33)35-26(4,5)6)28-20(17-18-13-9-7-10-14-18)21(31)27-19-15-11-8-12-16-19/h7,9-10,13-14,19-20H,8,11-12,15-17H2,1-6H3,(H,27,31)(H2,28,29,30,32,33)/t20-/m0/s1. The second kappa shape index (κ2) is 12.6. The lowest BCUT2D eigenvalue weighted by molar-refractivity contribution is -0.123. The summed E-state index contributed by atoms with van der Waals surface area (Å²) in [6, 6.07) is 8.66. The van der Waals surface area contributed by atoms with Gasteiger partial charge in [-0.2, -0.15) is 0 Å². The number of rotatable bonds is 5. The van der Waals surface area contributed by atoms with E-state index in [4.69, 9.17) is 9.47 Å². The first-order valence-corrected chi connectivity index (χ1v) is 12.2. The van der Waals surface area contributed by atoms with Gasteiger partial charge in [0.2, 0.25) is 11.9 Å². The predicted octanol–water partition coefficient (Wildman–Crippen LogP) is 4.45. The number of nitrogens with one attached hydrogen (secondary N) is 3. The van der Waals surface area contributed by atoms with Crippen LogP contribution in [0.4, 0.5) is 9.59 Å². The predicted molar refractivity (Wildman–Crippen MR) is 135 cm³/mol. The number of alkyl carbamates (subject to hydrolysis) is 2. The van der Waals surface area contributed by atoms with Gasteiger partial charge in [-0.25, -0.2) is 14.6 Å². The lowest BCUT2D eigenvalue weighted by Gasteiger charge is -2.25. The fourth-order valence-electron chi connectivity index (χ4n) is 3.63. The van der Waals surface area contributed by atoms with Crippen molar-refractivity contribution >= 4 is 24.1 Å². The topological polar surface area (TPSA) is 118 Å². The molecule has 1 aromatic rings. The summed E-state index contributed by atoms with van der Waals surface area (Å²) in [6.45, 7) is 10.3. The first kappa shape index (κ1) is 28.1. The molecule has 0 radical (unpaired) electrons. The molecule has 1 saturated carbocycles. The summed E-state index contributed by atoms with van der Waals surface area (Å²) < 4.78 is 10.6. The number of aliphatic imine (C=N–C) groups is 1. The van der Waals surface area contributed by atoms with E-state index < -0.39 is 29.4 Å². The molecule has 0 spiro atoms. The molecule has 3 N–H and O–H groups in total. The van der Waals surface area contributed by atoms with E-state index >= 15 is 0 Å². The average molecular weight is 489 g/mol. The number of hydrogen-bond acceptors (Lipinski definition) is 6. The molecule has 9 nitrogen and oxygen atoms in total. The highest BCUT2D eigenvalue weighted by atomic mass is 16.6. The lowest BCUT2D eigenvalue weighted by Crippen LogP contribution is -2.49. The highest BCUT2D eigenvalue weighted by Crippen LogP contribution is 2.18. The Morgan fingerprint density at radius 2 is 1.40 bits per heavy atom. The van der Waals surface area contributed by atoms with Crippen molar-refractivity contribution in [3.63, 3.8) is 0 Å². The number of amides is 3. The Labute approximate surface area is 208 Å². The molecule has 0 unspecified atom stereocenters. The van der Waals surface area contributed by atoms with E-state index in [2.05, 4.69) is 20.9 Å². The van der Waals surface area contributed by atoms with E-state index in [1.807, 2.05) is 30.3 Å². The first-order chi connectivity index (χ1) is 16.3. The van der Waals surface area contributed by atoms with Gasteiger partial charge >= 0.3 is 12.2 Å². The molecule has 1 atom stereocenters. The van der Waals surface area contributed by atoms with Gasteiger partial charge in [0.05, 0.1) is 0 Å². The van der Waals surface area contributed by atoms with Crippen LogP contribution in [-0.4, -0.2) is 47.3 Å². The summed E-state index contributed by atoms with van der Waals surface area (Å²) in [7, 11) is 0. The fourth-order valence-corrected chi connectivity index (χ4v) is 3.63. The van der Waals surface area contributed by atoms with E-state index in [1.54, 1.807) is 41.5 Å². The third-order valence-corrected chi connectivity index (χ3v) is 5.05. The molecule has 1 aliphatic rings. The van der Waals surface area contributed by atoms with Gasteiger partial charge in [-0.15, -0.1) is 0 Å². The van der Waals surface area contributed by atoms with Gasteiger partial charge in [0, 0.05) is 12.5 Å². The fraction of sp³-hybridized carbons (Fsp3) is 0.615. The lowest BCUT2D eigenvalue weighted by atomic mass is 9.95. The van der Waals surface area contributed by atoms with E-state index in [-0.39, 0.29) is 24.3 Å². The molecule has 0 saturated heterocycles. The highest BCUT2D eigenvalue weighted by Gasteiger charge is 2.26. The molecule has 35 heavy (non-hydrogen) atoms. The Balaban J connectivity index is 2.31. The van der Waals surface area contributed by atoms with Crippen molar-refractivity contribution in [1.82, 2.24) is 16.0 Å². The number of benzene rings is 1. The molecule has 0 aromatic heterocycles. The summed E-state index contributed by atoms with van der Waals surface area (Å²) in [5.41, 5.74) is -0.625. The van der Waals surface area contributed by atoms with Crippen LogP contribution in [0.25, 0.3) is 0 Å². The van der Waals surface area contributed by atoms with Crippen molar-refractivity contribution in [3.05, 3.63) is 35.9 Å². The van der Waals surface area contributed by atoms with Crippen LogP contribution in [0.3, 0.4) is 0 Å². The Bertz CT molecular complexity index is 849.